The van der Waals surface area contributed by atoms with E-state index in [-0.39, 0.29) is 5.52 Å². The van der Waals surface area contributed by atoms with Gasteiger partial charge >= 0.3 is 0 Å². The number of hydrogen-bond donors (Lipinski definition) is 1. The number of benzene rings is 1. The summed E-state index contributed by atoms with van der Waals surface area (Å²) in [4.78, 5) is 8.11. The summed E-state index contributed by atoms with van der Waals surface area (Å²) < 4.78 is 29.1. The quantitative estimate of drug-likeness (QED) is 0.537. The Morgan fingerprint density at radius 1 is 1.11 bits per heavy atom. The van der Waals surface area contributed by atoms with E-state index >= 15 is 0 Å². The molecule has 0 saturated heterocycles. The number of nitrogens with one attached hydrogen (secondary N) is 1. The van der Waals surface area contributed by atoms with Crippen molar-refractivity contribution in [1.82, 2.24) is 9.97 Å². The molecule has 1 aromatic carbocycles. The van der Waals surface area contributed by atoms with Gasteiger partial charge in [-0.3, -0.25) is 0 Å². The van der Waals surface area contributed by atoms with E-state index in [9.17, 15) is 8.78 Å². The average Bonchev–Trinajstić information content (AvgIpc) is 2.98. The second-order valence-corrected chi connectivity index (χ2v) is 6.16. The van der Waals surface area contributed by atoms with Crippen LogP contribution in [0, 0.1) is 11.6 Å². The number of aromatic nitrogens is 2. The number of aromatic amines is 1. The smallest absolute Gasteiger partial charge is 0.153 e. The fourth-order valence-electron chi connectivity index (χ4n) is 2.04. The lowest BCUT2D eigenvalue weighted by Gasteiger charge is -1.90. The molecule has 0 aliphatic rings. The number of hydrogen-bond acceptors (Lipinski definition) is 3. The standard InChI is InChI=1S/C13H6F2N2S2/c14-6-3-7(15)12-8(4-6)16-13(17-12)11-5-10-9(19-11)1-2-18-10/h1-5H,(H,16,17). The molecule has 19 heavy (non-hydrogen) atoms. The van der Waals surface area contributed by atoms with Gasteiger partial charge in [-0.05, 0) is 23.6 Å². The molecule has 1 N–H and O–H groups in total. The zero-order chi connectivity index (χ0) is 13.0. The molecule has 3 heterocycles. The number of H-pyrrole nitrogens is 1. The second kappa shape index (κ2) is 3.85. The molecule has 0 amide bonds. The van der Waals surface area contributed by atoms with Crippen LogP contribution >= 0.6 is 22.7 Å². The zero-order valence-corrected chi connectivity index (χ0v) is 11.0. The van der Waals surface area contributed by atoms with Crippen LogP contribution in [0.4, 0.5) is 8.78 Å². The van der Waals surface area contributed by atoms with Crippen LogP contribution in [-0.4, -0.2) is 9.97 Å². The van der Waals surface area contributed by atoms with E-state index < -0.39 is 11.6 Å². The molecule has 94 valence electrons. The van der Waals surface area contributed by atoms with Gasteiger partial charge in [0.1, 0.15) is 17.2 Å². The number of rotatable bonds is 1. The minimum atomic E-state index is -0.643. The summed E-state index contributed by atoms with van der Waals surface area (Å²) in [6, 6.07) is 6.15. The van der Waals surface area contributed by atoms with Gasteiger partial charge in [0, 0.05) is 15.5 Å². The van der Waals surface area contributed by atoms with Crippen molar-refractivity contribution in [3.63, 3.8) is 0 Å². The Kier molecular flexibility index (Phi) is 2.24. The van der Waals surface area contributed by atoms with Crippen molar-refractivity contribution >= 4 is 43.1 Å². The third kappa shape index (κ3) is 1.67. The Balaban J connectivity index is 1.95. The maximum absolute atomic E-state index is 13.6. The molecule has 0 radical (unpaired) electrons. The monoisotopic (exact) mass is 292 g/mol. The van der Waals surface area contributed by atoms with Gasteiger partial charge in [-0.15, -0.1) is 22.7 Å². The first-order chi connectivity index (χ1) is 9.20. The van der Waals surface area contributed by atoms with Crippen molar-refractivity contribution in [2.24, 2.45) is 0 Å². The van der Waals surface area contributed by atoms with Crippen molar-refractivity contribution in [3.8, 4) is 10.7 Å². The SMILES string of the molecule is Fc1cc(F)c2nc(-c3cc4sccc4s3)[nH]c2c1. The van der Waals surface area contributed by atoms with E-state index in [0.29, 0.717) is 11.3 Å². The Morgan fingerprint density at radius 2 is 2.00 bits per heavy atom. The fraction of sp³-hybridized carbons (Fsp3) is 0. The fourth-order valence-corrected chi connectivity index (χ4v) is 4.09. The first kappa shape index (κ1) is 11.1. The first-order valence-electron chi connectivity index (χ1n) is 5.53. The first-order valence-corrected chi connectivity index (χ1v) is 7.22. The summed E-state index contributed by atoms with van der Waals surface area (Å²) in [5.41, 5.74) is 0.553. The van der Waals surface area contributed by atoms with Gasteiger partial charge in [0.15, 0.2) is 5.82 Å². The van der Waals surface area contributed by atoms with Crippen LogP contribution < -0.4 is 0 Å². The van der Waals surface area contributed by atoms with Gasteiger partial charge in [0.2, 0.25) is 0 Å². The van der Waals surface area contributed by atoms with Crippen molar-refractivity contribution in [2.75, 3.05) is 0 Å². The third-order valence-electron chi connectivity index (χ3n) is 2.88. The normalized spacial score (nSPS) is 11.7. The maximum Gasteiger partial charge on any atom is 0.153 e. The number of halogens is 2. The van der Waals surface area contributed by atoms with Gasteiger partial charge in [-0.1, -0.05) is 0 Å². The van der Waals surface area contributed by atoms with Gasteiger partial charge < -0.3 is 4.98 Å². The maximum atomic E-state index is 13.6. The average molecular weight is 292 g/mol. The topological polar surface area (TPSA) is 28.7 Å². The summed E-state index contributed by atoms with van der Waals surface area (Å²) in [5, 5.41) is 2.03. The molecule has 0 aliphatic heterocycles. The van der Waals surface area contributed by atoms with Crippen LogP contribution in [0.3, 0.4) is 0 Å². The Bertz CT molecular complexity index is 875. The highest BCUT2D eigenvalue weighted by Crippen LogP contribution is 2.36. The minimum absolute atomic E-state index is 0.174. The lowest BCUT2D eigenvalue weighted by atomic mass is 10.3. The van der Waals surface area contributed by atoms with Crippen molar-refractivity contribution in [3.05, 3.63) is 41.3 Å². The van der Waals surface area contributed by atoms with Crippen molar-refractivity contribution in [1.29, 1.82) is 0 Å². The highest BCUT2D eigenvalue weighted by molar-refractivity contribution is 7.28. The molecule has 3 aromatic heterocycles. The van der Waals surface area contributed by atoms with E-state index in [1.54, 1.807) is 22.7 Å². The predicted octanol–water partition coefficient (Wildman–Crippen LogP) is 4.78. The predicted molar refractivity (Wildman–Crippen MR) is 74.7 cm³/mol. The van der Waals surface area contributed by atoms with E-state index in [1.165, 1.54) is 15.5 Å². The van der Waals surface area contributed by atoms with Crippen LogP contribution in [0.5, 0.6) is 0 Å². The second-order valence-electron chi connectivity index (χ2n) is 4.13. The van der Waals surface area contributed by atoms with Gasteiger partial charge in [0.05, 0.1) is 10.4 Å². The van der Waals surface area contributed by atoms with Gasteiger partial charge in [0.25, 0.3) is 0 Å². The Hall–Kier alpha value is -1.79. The highest BCUT2D eigenvalue weighted by atomic mass is 32.1. The van der Waals surface area contributed by atoms with E-state index in [2.05, 4.69) is 9.97 Å². The summed E-state index contributed by atoms with van der Waals surface area (Å²) in [6.45, 7) is 0. The molecule has 0 unspecified atom stereocenters. The summed E-state index contributed by atoms with van der Waals surface area (Å²) in [7, 11) is 0. The van der Waals surface area contributed by atoms with E-state index in [0.717, 1.165) is 10.9 Å². The molecular formula is C13H6F2N2S2. The molecule has 0 aliphatic carbocycles. The van der Waals surface area contributed by atoms with Crippen LogP contribution in [0.25, 0.3) is 31.1 Å². The van der Waals surface area contributed by atoms with Gasteiger partial charge in [-0.2, -0.15) is 0 Å². The molecule has 2 nitrogen and oxygen atoms in total. The Labute approximate surface area is 114 Å². The van der Waals surface area contributed by atoms with Crippen LogP contribution in [-0.2, 0) is 0 Å². The lowest BCUT2D eigenvalue weighted by molar-refractivity contribution is 0.591. The summed E-state index contributed by atoms with van der Waals surface area (Å²) in [5.74, 6) is -0.670. The number of fused-ring (bicyclic) bond motifs is 2. The van der Waals surface area contributed by atoms with Crippen LogP contribution in [0.2, 0.25) is 0 Å². The number of imidazole rings is 1. The number of thiophene rings is 2. The molecule has 0 fully saturated rings. The highest BCUT2D eigenvalue weighted by Gasteiger charge is 2.13. The van der Waals surface area contributed by atoms with E-state index in [4.69, 9.17) is 0 Å². The number of nitrogens with zero attached hydrogens (tertiary/aromatic N) is 1. The lowest BCUT2D eigenvalue weighted by Crippen LogP contribution is -1.81. The van der Waals surface area contributed by atoms with E-state index in [1.807, 2.05) is 17.5 Å². The summed E-state index contributed by atoms with van der Waals surface area (Å²) in [6.07, 6.45) is 0. The molecule has 4 rings (SSSR count). The molecule has 6 heteroatoms. The van der Waals surface area contributed by atoms with Gasteiger partial charge in [-0.25, -0.2) is 13.8 Å². The minimum Gasteiger partial charge on any atom is -0.337 e. The Morgan fingerprint density at radius 3 is 2.84 bits per heavy atom. The molecule has 0 saturated carbocycles. The molecule has 4 aromatic rings. The molecule has 0 atom stereocenters. The van der Waals surface area contributed by atoms with Crippen LogP contribution in [0.15, 0.2) is 29.6 Å². The third-order valence-corrected chi connectivity index (χ3v) is 4.98. The molecule has 0 spiro atoms. The van der Waals surface area contributed by atoms with Crippen LogP contribution in [0.1, 0.15) is 0 Å². The summed E-state index contributed by atoms with van der Waals surface area (Å²) >= 11 is 3.23. The molecular weight excluding hydrogens is 286 g/mol. The largest absolute Gasteiger partial charge is 0.337 e. The van der Waals surface area contributed by atoms with Crippen molar-refractivity contribution in [2.45, 2.75) is 0 Å². The van der Waals surface area contributed by atoms with Crippen molar-refractivity contribution < 1.29 is 8.78 Å². The molecule has 0 bridgehead atoms. The zero-order valence-electron chi connectivity index (χ0n) is 9.41.